The number of para-hydroxylation sites is 1. The van der Waals surface area contributed by atoms with E-state index in [1.807, 2.05) is 30.3 Å². The molecule has 14 heavy (non-hydrogen) atoms. The second kappa shape index (κ2) is 3.71. The van der Waals surface area contributed by atoms with Gasteiger partial charge in [0.05, 0.1) is 11.1 Å². The lowest BCUT2D eigenvalue weighted by molar-refractivity contribution is -0.103. The molecule has 0 atom stereocenters. The zero-order chi connectivity index (χ0) is 9.80. The highest BCUT2D eigenvalue weighted by molar-refractivity contribution is 5.85. The van der Waals surface area contributed by atoms with Crippen LogP contribution in [-0.4, -0.2) is 11.3 Å². The Balaban J connectivity index is 2.70. The van der Waals surface area contributed by atoms with Gasteiger partial charge in [0.1, 0.15) is 0 Å². The topological polar surface area (TPSA) is 30.0 Å². The van der Waals surface area contributed by atoms with Crippen LogP contribution in [0.5, 0.6) is 0 Å². The van der Waals surface area contributed by atoms with Crippen molar-refractivity contribution in [2.24, 2.45) is 0 Å². The van der Waals surface area contributed by atoms with Crippen LogP contribution < -0.4 is 0 Å². The predicted molar refractivity (Wildman–Crippen MR) is 54.7 cm³/mol. The first-order valence-electron chi connectivity index (χ1n) is 4.21. The number of carbonyl (C=O) groups excluding carboxylic acids is 1. The molecule has 2 nitrogen and oxygen atoms in total. The predicted octanol–water partition coefficient (Wildman–Crippen LogP) is 1.79. The lowest BCUT2D eigenvalue weighted by atomic mass is 10.1. The standard InChI is InChI=1S/C12H7NO/c14-9-3-7-11-5-1-4-10-6-2-8-13-12(10)11/h1-2,4-6,8-9H. The number of hydrogen-bond donors (Lipinski definition) is 0. The second-order valence-corrected chi connectivity index (χ2v) is 2.77. The van der Waals surface area contributed by atoms with Crippen LogP contribution in [0.1, 0.15) is 5.56 Å². The van der Waals surface area contributed by atoms with E-state index in [9.17, 15) is 4.79 Å². The lowest BCUT2D eigenvalue weighted by Gasteiger charge is -1.97. The van der Waals surface area contributed by atoms with Crippen molar-refractivity contribution < 1.29 is 4.79 Å². The van der Waals surface area contributed by atoms with E-state index in [2.05, 4.69) is 16.8 Å². The minimum Gasteiger partial charge on any atom is -0.289 e. The highest BCUT2D eigenvalue weighted by atomic mass is 16.1. The Kier molecular flexibility index (Phi) is 2.24. The van der Waals surface area contributed by atoms with Crippen LogP contribution in [0.4, 0.5) is 0 Å². The number of aldehydes is 1. The SMILES string of the molecule is O=CC#Cc1cccc2cccnc12. The first kappa shape index (κ1) is 8.46. The van der Waals surface area contributed by atoms with Gasteiger partial charge in [-0.3, -0.25) is 9.78 Å². The Morgan fingerprint density at radius 2 is 2.07 bits per heavy atom. The van der Waals surface area contributed by atoms with E-state index in [0.717, 1.165) is 16.5 Å². The molecule has 0 bridgehead atoms. The Morgan fingerprint density at radius 3 is 2.93 bits per heavy atom. The molecule has 1 aromatic carbocycles. The Morgan fingerprint density at radius 1 is 1.21 bits per heavy atom. The molecule has 2 rings (SSSR count). The fraction of sp³-hybridized carbons (Fsp3) is 0. The summed E-state index contributed by atoms with van der Waals surface area (Å²) in [5.41, 5.74) is 1.62. The maximum Gasteiger partial charge on any atom is 0.193 e. The molecule has 2 aromatic rings. The van der Waals surface area contributed by atoms with Crippen molar-refractivity contribution in [2.75, 3.05) is 0 Å². The maximum absolute atomic E-state index is 10.1. The summed E-state index contributed by atoms with van der Waals surface area (Å²) in [6.07, 6.45) is 2.30. The number of hydrogen-bond acceptors (Lipinski definition) is 2. The van der Waals surface area contributed by atoms with Crippen LogP contribution in [-0.2, 0) is 4.79 Å². The first-order chi connectivity index (χ1) is 6.92. The fourth-order valence-electron chi connectivity index (χ4n) is 1.31. The van der Waals surface area contributed by atoms with Gasteiger partial charge in [0.2, 0.25) is 0 Å². The van der Waals surface area contributed by atoms with Crippen molar-refractivity contribution in [2.45, 2.75) is 0 Å². The van der Waals surface area contributed by atoms with Gasteiger partial charge < -0.3 is 0 Å². The van der Waals surface area contributed by atoms with Crippen LogP contribution in [0.2, 0.25) is 0 Å². The van der Waals surface area contributed by atoms with E-state index in [4.69, 9.17) is 0 Å². The van der Waals surface area contributed by atoms with Crippen molar-refractivity contribution in [1.82, 2.24) is 4.98 Å². The highest BCUT2D eigenvalue weighted by Crippen LogP contribution is 2.14. The van der Waals surface area contributed by atoms with E-state index >= 15 is 0 Å². The van der Waals surface area contributed by atoms with Gasteiger partial charge in [-0.1, -0.05) is 24.1 Å². The molecule has 0 spiro atoms. The van der Waals surface area contributed by atoms with Crippen LogP contribution in [0.3, 0.4) is 0 Å². The number of carbonyl (C=O) groups is 1. The van der Waals surface area contributed by atoms with E-state index in [1.54, 1.807) is 6.20 Å². The third-order valence-corrected chi connectivity index (χ3v) is 1.90. The summed E-state index contributed by atoms with van der Waals surface area (Å²) in [6, 6.07) is 9.56. The molecular formula is C12H7NO. The third kappa shape index (κ3) is 1.48. The molecule has 0 saturated carbocycles. The van der Waals surface area contributed by atoms with Crippen molar-refractivity contribution in [1.29, 1.82) is 0 Å². The molecule has 0 aliphatic rings. The maximum atomic E-state index is 10.1. The second-order valence-electron chi connectivity index (χ2n) is 2.77. The van der Waals surface area contributed by atoms with E-state index in [-0.39, 0.29) is 0 Å². The number of nitrogens with zero attached hydrogens (tertiary/aromatic N) is 1. The van der Waals surface area contributed by atoms with Gasteiger partial charge in [0.25, 0.3) is 0 Å². The number of fused-ring (bicyclic) bond motifs is 1. The van der Waals surface area contributed by atoms with Crippen molar-refractivity contribution in [3.63, 3.8) is 0 Å². The normalized spacial score (nSPS) is 9.14. The van der Waals surface area contributed by atoms with Gasteiger partial charge in [0.15, 0.2) is 6.29 Å². The Bertz CT molecular complexity index is 529. The van der Waals surface area contributed by atoms with Crippen LogP contribution in [0.25, 0.3) is 10.9 Å². The zero-order valence-electron chi connectivity index (χ0n) is 7.40. The number of benzene rings is 1. The van der Waals surface area contributed by atoms with Gasteiger partial charge in [-0.05, 0) is 18.1 Å². The van der Waals surface area contributed by atoms with Gasteiger partial charge >= 0.3 is 0 Å². The highest BCUT2D eigenvalue weighted by Gasteiger charge is 1.96. The monoisotopic (exact) mass is 181 g/mol. The summed E-state index contributed by atoms with van der Waals surface area (Å²) in [6.45, 7) is 0. The summed E-state index contributed by atoms with van der Waals surface area (Å²) in [5.74, 6) is 5.14. The number of aromatic nitrogens is 1. The Labute approximate surface area is 81.6 Å². The molecule has 0 aliphatic heterocycles. The average Bonchev–Trinajstić information content (AvgIpc) is 2.26. The largest absolute Gasteiger partial charge is 0.289 e. The summed E-state index contributed by atoms with van der Waals surface area (Å²) < 4.78 is 0. The molecule has 0 N–H and O–H groups in total. The molecule has 0 fully saturated rings. The molecule has 0 aliphatic carbocycles. The quantitative estimate of drug-likeness (QED) is 0.458. The van der Waals surface area contributed by atoms with Gasteiger partial charge in [0, 0.05) is 11.6 Å². The minimum absolute atomic E-state index is 0.585. The number of pyridine rings is 1. The van der Waals surface area contributed by atoms with Gasteiger partial charge in [-0.15, -0.1) is 0 Å². The number of rotatable bonds is 0. The molecule has 0 unspecified atom stereocenters. The summed E-state index contributed by atoms with van der Waals surface area (Å²) in [7, 11) is 0. The molecule has 1 heterocycles. The molecule has 0 saturated heterocycles. The first-order valence-corrected chi connectivity index (χ1v) is 4.21. The zero-order valence-corrected chi connectivity index (χ0v) is 7.40. The molecule has 66 valence electrons. The molecule has 0 radical (unpaired) electrons. The summed E-state index contributed by atoms with van der Waals surface area (Å²) in [5, 5.41) is 1.03. The van der Waals surface area contributed by atoms with Crippen LogP contribution >= 0.6 is 0 Å². The van der Waals surface area contributed by atoms with Gasteiger partial charge in [-0.2, -0.15) is 0 Å². The molecule has 2 heteroatoms. The fourth-order valence-corrected chi connectivity index (χ4v) is 1.31. The van der Waals surface area contributed by atoms with E-state index in [1.165, 1.54) is 0 Å². The van der Waals surface area contributed by atoms with Gasteiger partial charge in [-0.25, -0.2) is 0 Å². The average molecular weight is 181 g/mol. The molecule has 1 aromatic heterocycles. The van der Waals surface area contributed by atoms with Crippen LogP contribution in [0.15, 0.2) is 36.5 Å². The van der Waals surface area contributed by atoms with E-state index < -0.39 is 0 Å². The lowest BCUT2D eigenvalue weighted by Crippen LogP contribution is -1.82. The smallest absolute Gasteiger partial charge is 0.193 e. The summed E-state index contributed by atoms with van der Waals surface area (Å²) in [4.78, 5) is 14.3. The Hall–Kier alpha value is -2.14. The third-order valence-electron chi connectivity index (χ3n) is 1.90. The molecular weight excluding hydrogens is 174 g/mol. The summed E-state index contributed by atoms with van der Waals surface area (Å²) >= 11 is 0. The van der Waals surface area contributed by atoms with Crippen molar-refractivity contribution >= 4 is 17.2 Å². The van der Waals surface area contributed by atoms with Crippen molar-refractivity contribution in [3.05, 3.63) is 42.1 Å². The van der Waals surface area contributed by atoms with Crippen LogP contribution in [0, 0.1) is 11.8 Å². The molecule has 0 amide bonds. The van der Waals surface area contributed by atoms with E-state index in [0.29, 0.717) is 6.29 Å². The van der Waals surface area contributed by atoms with Crippen molar-refractivity contribution in [3.8, 4) is 11.8 Å². The minimum atomic E-state index is 0.585.